The van der Waals surface area contributed by atoms with Gasteiger partial charge in [-0.3, -0.25) is 19.2 Å². The fraction of sp³-hybridized carbons (Fsp3) is 0.633. The van der Waals surface area contributed by atoms with Crippen molar-refractivity contribution in [1.82, 2.24) is 24.9 Å². The highest BCUT2D eigenvalue weighted by Gasteiger charge is 2.38. The molecule has 5 amide bonds. The number of likely N-dealkylation sites (tertiary alicyclic amines) is 1. The molecule has 230 valence electrons. The second-order valence-corrected chi connectivity index (χ2v) is 12.4. The number of nitrogens with zero attached hydrogens (tertiary/aromatic N) is 4. The highest BCUT2D eigenvalue weighted by molar-refractivity contribution is 5.97. The number of rotatable bonds is 2. The van der Waals surface area contributed by atoms with Crippen molar-refractivity contribution >= 4 is 29.7 Å². The first kappa shape index (κ1) is 31.1. The minimum absolute atomic E-state index is 0.0000509. The Balaban J connectivity index is 1.55. The monoisotopic (exact) mass is 585 g/mol. The molecular formula is C30H43N5O7. The molecule has 2 bridgehead atoms. The number of ether oxygens (including phenoxy) is 2. The number of likely N-dealkylation sites (N-methyl/N-ethyl adjacent to an activating group) is 2. The summed E-state index contributed by atoms with van der Waals surface area (Å²) in [5, 5.41) is 2.85. The van der Waals surface area contributed by atoms with Crippen LogP contribution in [0.25, 0.3) is 0 Å². The van der Waals surface area contributed by atoms with Gasteiger partial charge >= 0.3 is 6.09 Å². The molecule has 2 fully saturated rings. The third-order valence-electron chi connectivity index (χ3n) is 7.92. The third kappa shape index (κ3) is 7.71. The van der Waals surface area contributed by atoms with Gasteiger partial charge in [0.15, 0.2) is 0 Å². The molecule has 12 nitrogen and oxygen atoms in total. The molecule has 2 saturated heterocycles. The van der Waals surface area contributed by atoms with Crippen LogP contribution in [0.2, 0.25) is 0 Å². The van der Waals surface area contributed by atoms with Crippen molar-refractivity contribution in [1.29, 1.82) is 0 Å². The Bertz CT molecular complexity index is 1180. The average Bonchev–Trinajstić information content (AvgIpc) is 3.60. The second-order valence-electron chi connectivity index (χ2n) is 12.4. The van der Waals surface area contributed by atoms with Gasteiger partial charge < -0.3 is 34.4 Å². The van der Waals surface area contributed by atoms with Gasteiger partial charge in [-0.2, -0.15) is 0 Å². The number of alkyl carbamates (subject to hydrolysis) is 1. The summed E-state index contributed by atoms with van der Waals surface area (Å²) in [6, 6.07) is 5.15. The average molecular weight is 586 g/mol. The Hall–Kier alpha value is -3.83. The summed E-state index contributed by atoms with van der Waals surface area (Å²) in [5.41, 5.74) is -0.261. The van der Waals surface area contributed by atoms with Gasteiger partial charge in [0, 0.05) is 45.7 Å². The summed E-state index contributed by atoms with van der Waals surface area (Å²) in [5.74, 6) is -0.545. The van der Waals surface area contributed by atoms with E-state index in [9.17, 15) is 24.0 Å². The summed E-state index contributed by atoms with van der Waals surface area (Å²) in [7, 11) is 3.14. The number of fused-ring (bicyclic) bond motifs is 11. The van der Waals surface area contributed by atoms with Crippen LogP contribution in [0.3, 0.4) is 0 Å². The molecule has 42 heavy (non-hydrogen) atoms. The van der Waals surface area contributed by atoms with Gasteiger partial charge in [0.2, 0.25) is 17.7 Å². The van der Waals surface area contributed by atoms with Crippen LogP contribution in [0, 0.1) is 0 Å². The number of hydrogen-bond acceptors (Lipinski definition) is 7. The second kappa shape index (κ2) is 13.0. The molecule has 4 aliphatic rings. The van der Waals surface area contributed by atoms with E-state index < -0.39 is 17.7 Å². The summed E-state index contributed by atoms with van der Waals surface area (Å²) in [6.45, 7) is 6.85. The Morgan fingerprint density at radius 3 is 2.31 bits per heavy atom. The molecule has 1 N–H and O–H groups in total. The molecule has 1 aromatic rings. The van der Waals surface area contributed by atoms with E-state index in [2.05, 4.69) is 5.32 Å². The standard InChI is InChI=1S/C30H43N5O7/c1-30(2,3)42-29(40)31-21-16-22-19-41-23-10-8-20(9-11-23)27(38)33(5)24(28(39)34-14-6-7-15-34)12-13-25(36)32(4)18-26(37)35(22)17-21/h8-11,21-22,24H,6-7,12-19H2,1-5H3,(H,31,40)/t21-,22+,24+/m1/s1. The van der Waals surface area contributed by atoms with Gasteiger partial charge in [-0.05, 0) is 70.7 Å². The number of carbonyl (C=O) groups is 5. The lowest BCUT2D eigenvalue weighted by Crippen LogP contribution is -2.49. The number of carbonyl (C=O) groups excluding carboxylic acids is 5. The van der Waals surface area contributed by atoms with Crippen LogP contribution < -0.4 is 10.1 Å². The SMILES string of the molecule is CN1CC(=O)N2C[C@H](NC(=O)OC(C)(C)C)C[C@H]2COc2ccc(cc2)C(=O)N(C)[C@H](C(=O)N2CCCC2)CCC1=O. The molecule has 12 heteroatoms. The smallest absolute Gasteiger partial charge is 0.407 e. The van der Waals surface area contributed by atoms with Crippen LogP contribution >= 0.6 is 0 Å². The fourth-order valence-electron chi connectivity index (χ4n) is 5.65. The molecular weight excluding hydrogens is 542 g/mol. The van der Waals surface area contributed by atoms with E-state index in [4.69, 9.17) is 9.47 Å². The van der Waals surface area contributed by atoms with Crippen molar-refractivity contribution < 1.29 is 33.4 Å². The van der Waals surface area contributed by atoms with Gasteiger partial charge in [0.05, 0.1) is 18.6 Å². The Morgan fingerprint density at radius 2 is 1.67 bits per heavy atom. The Morgan fingerprint density at radius 1 is 1.00 bits per heavy atom. The number of amides is 5. The van der Waals surface area contributed by atoms with Crippen LogP contribution in [0.5, 0.6) is 5.75 Å². The predicted octanol–water partition coefficient (Wildman–Crippen LogP) is 1.87. The zero-order valence-corrected chi connectivity index (χ0v) is 25.3. The Labute approximate surface area is 247 Å². The molecule has 4 heterocycles. The lowest BCUT2D eigenvalue weighted by Gasteiger charge is -2.31. The Kier molecular flexibility index (Phi) is 9.63. The van der Waals surface area contributed by atoms with Crippen molar-refractivity contribution in [3.8, 4) is 5.75 Å². The zero-order valence-electron chi connectivity index (χ0n) is 25.3. The highest BCUT2D eigenvalue weighted by atomic mass is 16.6. The maximum Gasteiger partial charge on any atom is 0.407 e. The maximum atomic E-state index is 13.4. The number of nitrogens with one attached hydrogen (secondary N) is 1. The summed E-state index contributed by atoms with van der Waals surface area (Å²) >= 11 is 0. The minimum Gasteiger partial charge on any atom is -0.491 e. The quantitative estimate of drug-likeness (QED) is 0.561. The van der Waals surface area contributed by atoms with Gasteiger partial charge in [-0.15, -0.1) is 0 Å². The third-order valence-corrected chi connectivity index (χ3v) is 7.92. The lowest BCUT2D eigenvalue weighted by atomic mass is 10.1. The highest BCUT2D eigenvalue weighted by Crippen LogP contribution is 2.23. The first-order valence-corrected chi connectivity index (χ1v) is 14.6. The van der Waals surface area contributed by atoms with Gasteiger partial charge in [0.25, 0.3) is 5.91 Å². The van der Waals surface area contributed by atoms with Crippen molar-refractivity contribution in [2.24, 2.45) is 0 Å². The topological polar surface area (TPSA) is 129 Å². The predicted molar refractivity (Wildman–Crippen MR) is 154 cm³/mol. The molecule has 0 radical (unpaired) electrons. The fourth-order valence-corrected chi connectivity index (χ4v) is 5.65. The van der Waals surface area contributed by atoms with Crippen LogP contribution in [-0.4, -0.2) is 120 Å². The molecule has 4 aliphatic heterocycles. The summed E-state index contributed by atoms with van der Waals surface area (Å²) in [6.07, 6.45) is 1.85. The van der Waals surface area contributed by atoms with Crippen LogP contribution in [-0.2, 0) is 19.1 Å². The van der Waals surface area contributed by atoms with Crippen molar-refractivity contribution in [3.05, 3.63) is 29.8 Å². The van der Waals surface area contributed by atoms with Crippen molar-refractivity contribution in [2.75, 3.05) is 46.9 Å². The largest absolute Gasteiger partial charge is 0.491 e. The van der Waals surface area contributed by atoms with Gasteiger partial charge in [-0.25, -0.2) is 4.79 Å². The molecule has 1 aromatic carbocycles. The molecule has 0 unspecified atom stereocenters. The maximum absolute atomic E-state index is 13.4. The van der Waals surface area contributed by atoms with Crippen LogP contribution in [0.1, 0.15) is 63.2 Å². The zero-order chi connectivity index (χ0) is 30.6. The van der Waals surface area contributed by atoms with E-state index in [1.807, 2.05) is 0 Å². The first-order valence-electron chi connectivity index (χ1n) is 14.6. The van der Waals surface area contributed by atoms with E-state index in [0.717, 1.165) is 12.8 Å². The molecule has 5 rings (SSSR count). The summed E-state index contributed by atoms with van der Waals surface area (Å²) < 4.78 is 11.4. The summed E-state index contributed by atoms with van der Waals surface area (Å²) in [4.78, 5) is 72.0. The normalized spacial score (nSPS) is 24.4. The van der Waals surface area contributed by atoms with Crippen molar-refractivity contribution in [3.63, 3.8) is 0 Å². The number of hydrogen-bond donors (Lipinski definition) is 1. The van der Waals surface area contributed by atoms with E-state index in [1.54, 1.807) is 68.9 Å². The van der Waals surface area contributed by atoms with Gasteiger partial charge in [-0.1, -0.05) is 0 Å². The van der Waals surface area contributed by atoms with Crippen LogP contribution in [0.15, 0.2) is 24.3 Å². The molecule has 0 aromatic heterocycles. The van der Waals surface area contributed by atoms with E-state index in [-0.39, 0.29) is 68.3 Å². The molecule has 0 saturated carbocycles. The molecule has 0 spiro atoms. The van der Waals surface area contributed by atoms with E-state index >= 15 is 0 Å². The van der Waals surface area contributed by atoms with E-state index in [0.29, 0.717) is 30.8 Å². The lowest BCUT2D eigenvalue weighted by molar-refractivity contribution is -0.141. The van der Waals surface area contributed by atoms with Gasteiger partial charge in [0.1, 0.15) is 24.0 Å². The first-order chi connectivity index (χ1) is 19.8. The molecule has 3 atom stereocenters. The van der Waals surface area contributed by atoms with Crippen molar-refractivity contribution in [2.45, 2.75) is 76.6 Å². The van der Waals surface area contributed by atoms with E-state index in [1.165, 1.54) is 9.80 Å². The minimum atomic E-state index is -0.807. The van der Waals surface area contributed by atoms with Crippen LogP contribution in [0.4, 0.5) is 4.79 Å². The number of benzene rings is 1. The molecule has 0 aliphatic carbocycles.